The second kappa shape index (κ2) is 10.3. The van der Waals surface area contributed by atoms with Crippen molar-refractivity contribution in [3.63, 3.8) is 0 Å². The van der Waals surface area contributed by atoms with Crippen LogP contribution < -0.4 is 5.73 Å². The van der Waals surface area contributed by atoms with Crippen molar-refractivity contribution in [2.75, 3.05) is 19.5 Å². The highest BCUT2D eigenvalue weighted by molar-refractivity contribution is 7.98. The van der Waals surface area contributed by atoms with Gasteiger partial charge in [0, 0.05) is 4.90 Å². The molecular formula is C16H21N3O4S. The largest absolute Gasteiger partial charge is 0.480 e. The molecule has 1 rings (SSSR count). The van der Waals surface area contributed by atoms with E-state index in [2.05, 4.69) is 10.2 Å². The van der Waals surface area contributed by atoms with Crippen molar-refractivity contribution in [2.24, 2.45) is 15.9 Å². The molecule has 0 atom stereocenters. The molecule has 0 aliphatic rings. The Labute approximate surface area is 145 Å². The quantitative estimate of drug-likeness (QED) is 0.142. The number of aliphatic hydroxyl groups excluding tert-OH is 1. The van der Waals surface area contributed by atoms with E-state index >= 15 is 0 Å². The van der Waals surface area contributed by atoms with Gasteiger partial charge < -0.3 is 20.3 Å². The zero-order chi connectivity index (χ0) is 17.9. The number of hydrogen-bond donors (Lipinski definition) is 2. The molecule has 0 unspecified atom stereocenters. The molecule has 8 heteroatoms. The smallest absolute Gasteiger partial charge is 0.349 e. The molecule has 7 nitrogen and oxygen atoms in total. The maximum Gasteiger partial charge on any atom is 0.349 e. The molecular weight excluding hydrogens is 330 g/mol. The first kappa shape index (κ1) is 19.6. The van der Waals surface area contributed by atoms with Gasteiger partial charge in [0.2, 0.25) is 0 Å². The van der Waals surface area contributed by atoms with Gasteiger partial charge in [0.15, 0.2) is 11.4 Å². The Morgan fingerprint density at radius 1 is 1.25 bits per heavy atom. The van der Waals surface area contributed by atoms with E-state index in [-0.39, 0.29) is 24.6 Å². The SMILES string of the molecule is CCOC(=O)C(C(N)=N/N=C/c1ccc(SC)cc1)=C(O)OCC. The van der Waals surface area contributed by atoms with Gasteiger partial charge in [-0.2, -0.15) is 5.10 Å². The maximum atomic E-state index is 11.9. The number of ether oxygens (including phenoxy) is 2. The lowest BCUT2D eigenvalue weighted by Gasteiger charge is -2.08. The summed E-state index contributed by atoms with van der Waals surface area (Å²) in [4.78, 5) is 13.0. The molecule has 24 heavy (non-hydrogen) atoms. The Hall–Kier alpha value is -2.48. The zero-order valence-corrected chi connectivity index (χ0v) is 14.7. The van der Waals surface area contributed by atoms with Crippen LogP contribution in [0.15, 0.2) is 50.9 Å². The minimum Gasteiger partial charge on any atom is -0.480 e. The normalized spacial score (nSPS) is 12.9. The molecule has 0 aliphatic heterocycles. The summed E-state index contributed by atoms with van der Waals surface area (Å²) in [5.41, 5.74) is 6.19. The Kier molecular flexibility index (Phi) is 8.42. The number of rotatable bonds is 8. The lowest BCUT2D eigenvalue weighted by molar-refractivity contribution is -0.138. The van der Waals surface area contributed by atoms with Crippen molar-refractivity contribution in [3.8, 4) is 0 Å². The fourth-order valence-electron chi connectivity index (χ4n) is 1.61. The van der Waals surface area contributed by atoms with Gasteiger partial charge in [-0.3, -0.25) is 0 Å². The Balaban J connectivity index is 2.97. The Morgan fingerprint density at radius 3 is 2.42 bits per heavy atom. The van der Waals surface area contributed by atoms with Crippen LogP contribution in [0.5, 0.6) is 0 Å². The minimum absolute atomic E-state index is 0.125. The van der Waals surface area contributed by atoms with Crippen LogP contribution in [0.4, 0.5) is 0 Å². The lowest BCUT2D eigenvalue weighted by atomic mass is 10.2. The zero-order valence-electron chi connectivity index (χ0n) is 13.9. The maximum absolute atomic E-state index is 11.9. The van der Waals surface area contributed by atoms with Crippen molar-refractivity contribution in [3.05, 3.63) is 41.3 Å². The topological polar surface area (TPSA) is 107 Å². The third-order valence-electron chi connectivity index (χ3n) is 2.72. The average molecular weight is 351 g/mol. The summed E-state index contributed by atoms with van der Waals surface area (Å²) in [7, 11) is 0. The second-order valence-electron chi connectivity index (χ2n) is 4.34. The first-order valence-corrected chi connectivity index (χ1v) is 8.50. The molecule has 0 aliphatic carbocycles. The van der Waals surface area contributed by atoms with Crippen molar-refractivity contribution < 1.29 is 19.4 Å². The van der Waals surface area contributed by atoms with Crippen molar-refractivity contribution in [2.45, 2.75) is 18.7 Å². The predicted molar refractivity (Wildman–Crippen MR) is 95.4 cm³/mol. The standard InChI is InChI=1S/C16H21N3O4S/c1-4-22-15(20)13(16(21)23-5-2)14(17)19-18-10-11-6-8-12(24-3)9-7-11/h6-10,20H,4-5H2,1-3H3,(H2,17,19)/b15-13?,18-10+. The highest BCUT2D eigenvalue weighted by atomic mass is 32.2. The third kappa shape index (κ3) is 5.96. The van der Waals surface area contributed by atoms with E-state index in [0.29, 0.717) is 0 Å². The number of benzene rings is 1. The third-order valence-corrected chi connectivity index (χ3v) is 3.46. The molecule has 0 amide bonds. The van der Waals surface area contributed by atoms with Crippen LogP contribution in [0, 0.1) is 0 Å². The summed E-state index contributed by atoms with van der Waals surface area (Å²) in [6.45, 7) is 3.58. The summed E-state index contributed by atoms with van der Waals surface area (Å²) in [6.07, 6.45) is 3.47. The first-order valence-electron chi connectivity index (χ1n) is 7.27. The van der Waals surface area contributed by atoms with E-state index in [4.69, 9.17) is 15.2 Å². The van der Waals surface area contributed by atoms with Gasteiger partial charge in [0.05, 0.1) is 19.4 Å². The van der Waals surface area contributed by atoms with Crippen LogP contribution >= 0.6 is 11.8 Å². The fourth-order valence-corrected chi connectivity index (χ4v) is 2.02. The van der Waals surface area contributed by atoms with Gasteiger partial charge in [-0.05, 0) is 37.8 Å². The molecule has 1 aromatic rings. The number of carbonyl (C=O) groups is 1. The minimum atomic E-state index is -0.829. The highest BCUT2D eigenvalue weighted by Gasteiger charge is 2.22. The molecule has 130 valence electrons. The van der Waals surface area contributed by atoms with Crippen LogP contribution in [-0.2, 0) is 14.3 Å². The molecule has 3 N–H and O–H groups in total. The highest BCUT2D eigenvalue weighted by Crippen LogP contribution is 2.14. The van der Waals surface area contributed by atoms with Crippen molar-refractivity contribution in [1.82, 2.24) is 0 Å². The summed E-state index contributed by atoms with van der Waals surface area (Å²) in [5.74, 6) is -1.77. The van der Waals surface area contributed by atoms with E-state index < -0.39 is 11.9 Å². The summed E-state index contributed by atoms with van der Waals surface area (Å²) in [6, 6.07) is 7.65. The monoisotopic (exact) mass is 351 g/mol. The molecule has 0 saturated heterocycles. The molecule has 0 aromatic heterocycles. The van der Waals surface area contributed by atoms with Crippen LogP contribution in [0.1, 0.15) is 19.4 Å². The Bertz CT molecular complexity index is 639. The average Bonchev–Trinajstić information content (AvgIpc) is 2.56. The summed E-state index contributed by atoms with van der Waals surface area (Å²) >= 11 is 1.63. The number of hydrogen-bond acceptors (Lipinski definition) is 7. The molecule has 0 saturated carbocycles. The van der Waals surface area contributed by atoms with E-state index in [0.717, 1.165) is 10.5 Å². The lowest BCUT2D eigenvalue weighted by Crippen LogP contribution is -2.25. The summed E-state index contributed by atoms with van der Waals surface area (Å²) < 4.78 is 9.73. The molecule has 0 spiro atoms. The molecule has 0 bridgehead atoms. The molecule has 0 heterocycles. The fraction of sp³-hybridized carbons (Fsp3) is 0.312. The number of amidine groups is 1. The predicted octanol–water partition coefficient (Wildman–Crippen LogP) is 2.47. The van der Waals surface area contributed by atoms with Gasteiger partial charge in [0.25, 0.3) is 5.95 Å². The Morgan fingerprint density at radius 2 is 1.88 bits per heavy atom. The number of nitrogens with two attached hydrogens (primary N) is 1. The molecule has 0 radical (unpaired) electrons. The number of thioether (sulfide) groups is 1. The number of esters is 1. The van der Waals surface area contributed by atoms with E-state index in [9.17, 15) is 9.90 Å². The first-order chi connectivity index (χ1) is 11.5. The van der Waals surface area contributed by atoms with Gasteiger partial charge in [-0.15, -0.1) is 16.9 Å². The van der Waals surface area contributed by atoms with E-state index in [1.807, 2.05) is 30.5 Å². The van der Waals surface area contributed by atoms with Crippen molar-refractivity contribution >= 4 is 29.8 Å². The van der Waals surface area contributed by atoms with Gasteiger partial charge in [-0.25, -0.2) is 4.79 Å². The molecule has 1 aromatic carbocycles. The van der Waals surface area contributed by atoms with Crippen LogP contribution in [0.2, 0.25) is 0 Å². The number of nitrogens with zero attached hydrogens (tertiary/aromatic N) is 2. The van der Waals surface area contributed by atoms with E-state index in [1.54, 1.807) is 25.6 Å². The molecule has 0 fully saturated rings. The van der Waals surface area contributed by atoms with Crippen LogP contribution in [-0.4, -0.2) is 42.6 Å². The second-order valence-corrected chi connectivity index (χ2v) is 5.22. The van der Waals surface area contributed by atoms with E-state index in [1.165, 1.54) is 6.21 Å². The van der Waals surface area contributed by atoms with Gasteiger partial charge in [0.1, 0.15) is 0 Å². The number of carbonyl (C=O) groups excluding carboxylic acids is 1. The summed E-state index contributed by atoms with van der Waals surface area (Å²) in [5, 5.41) is 17.3. The van der Waals surface area contributed by atoms with Crippen LogP contribution in [0.25, 0.3) is 0 Å². The number of aliphatic hydroxyl groups is 1. The van der Waals surface area contributed by atoms with Crippen LogP contribution in [0.3, 0.4) is 0 Å². The van der Waals surface area contributed by atoms with Gasteiger partial charge >= 0.3 is 5.97 Å². The van der Waals surface area contributed by atoms with Crippen molar-refractivity contribution in [1.29, 1.82) is 0 Å². The van der Waals surface area contributed by atoms with Gasteiger partial charge in [-0.1, -0.05) is 12.1 Å².